The number of amides is 2. The van der Waals surface area contributed by atoms with Crippen molar-refractivity contribution in [2.45, 2.75) is 63.2 Å². The number of methoxy groups -OCH3 is 1. The van der Waals surface area contributed by atoms with E-state index in [9.17, 15) is 9.59 Å². The predicted octanol–water partition coefficient (Wildman–Crippen LogP) is 6.56. The molecule has 2 amide bonds. The summed E-state index contributed by atoms with van der Waals surface area (Å²) in [5.74, 6) is 0.332. The average Bonchev–Trinajstić information content (AvgIpc) is 2.88. The summed E-state index contributed by atoms with van der Waals surface area (Å²) in [5, 5.41) is 5.74. The van der Waals surface area contributed by atoms with Gasteiger partial charge in [0.1, 0.15) is 5.75 Å². The molecule has 2 rings (SSSR count). The van der Waals surface area contributed by atoms with E-state index >= 15 is 0 Å². The van der Waals surface area contributed by atoms with Crippen molar-refractivity contribution in [1.29, 1.82) is 0 Å². The number of nitrogens with one attached hydrogen (secondary N) is 2. The Morgan fingerprint density at radius 1 is 0.829 bits per heavy atom. The van der Waals surface area contributed by atoms with Crippen molar-refractivity contribution in [3.05, 3.63) is 53.6 Å². The van der Waals surface area contributed by atoms with E-state index in [1.54, 1.807) is 31.4 Å². The second-order valence-electron chi connectivity index (χ2n) is 8.47. The molecule has 0 radical (unpaired) electrons. The highest BCUT2D eigenvalue weighted by molar-refractivity contribution is 7.98. The number of thioether (sulfide) groups is 1. The topological polar surface area (TPSA) is 76.7 Å². The van der Waals surface area contributed by atoms with Crippen LogP contribution in [0.25, 0.3) is 0 Å². The molecule has 2 N–H and O–H groups in total. The van der Waals surface area contributed by atoms with Gasteiger partial charge in [-0.3, -0.25) is 9.59 Å². The Balaban J connectivity index is 1.83. The standard InChI is InChI=1S/C28H40N2O4S/c1-4-5-6-7-8-9-10-11-19-34-24-15-12-22(13-16-24)28(32)30-25-21-23(14-17-26(25)35-3)27(31)29-18-20-33-2/h12-17,21H,4-11,18-20H2,1-3H3,(H,29,31)(H,30,32). The Labute approximate surface area is 214 Å². The summed E-state index contributed by atoms with van der Waals surface area (Å²) in [5.41, 5.74) is 1.63. The van der Waals surface area contributed by atoms with Gasteiger partial charge in [-0.1, -0.05) is 51.9 Å². The van der Waals surface area contributed by atoms with E-state index in [1.807, 2.05) is 24.5 Å². The number of unbranched alkanes of at least 4 members (excludes halogenated alkanes) is 7. The van der Waals surface area contributed by atoms with E-state index in [4.69, 9.17) is 9.47 Å². The van der Waals surface area contributed by atoms with Crippen LogP contribution >= 0.6 is 11.8 Å². The maximum Gasteiger partial charge on any atom is 0.255 e. The van der Waals surface area contributed by atoms with Crippen LogP contribution in [-0.2, 0) is 4.74 Å². The smallest absolute Gasteiger partial charge is 0.255 e. The Morgan fingerprint density at radius 3 is 2.14 bits per heavy atom. The van der Waals surface area contributed by atoms with Crippen LogP contribution in [0.5, 0.6) is 5.75 Å². The monoisotopic (exact) mass is 500 g/mol. The zero-order valence-electron chi connectivity index (χ0n) is 21.4. The molecule has 0 fully saturated rings. The van der Waals surface area contributed by atoms with Gasteiger partial charge in [-0.05, 0) is 55.1 Å². The van der Waals surface area contributed by atoms with Gasteiger partial charge in [-0.15, -0.1) is 11.8 Å². The highest BCUT2D eigenvalue weighted by atomic mass is 32.2. The molecule has 0 aliphatic rings. The summed E-state index contributed by atoms with van der Waals surface area (Å²) in [6.07, 6.45) is 12.1. The first kappa shape index (κ1) is 28.7. The van der Waals surface area contributed by atoms with E-state index in [2.05, 4.69) is 17.6 Å². The number of carbonyl (C=O) groups is 2. The number of hydrogen-bond acceptors (Lipinski definition) is 5. The van der Waals surface area contributed by atoms with Gasteiger partial charge >= 0.3 is 0 Å². The molecule has 0 heterocycles. The largest absolute Gasteiger partial charge is 0.494 e. The third kappa shape index (κ3) is 10.7. The van der Waals surface area contributed by atoms with Crippen LogP contribution in [-0.4, -0.2) is 44.9 Å². The summed E-state index contributed by atoms with van der Waals surface area (Å²) in [6, 6.07) is 12.5. The maximum atomic E-state index is 12.8. The maximum absolute atomic E-state index is 12.8. The van der Waals surface area contributed by atoms with Gasteiger partial charge in [0.05, 0.1) is 18.9 Å². The minimum atomic E-state index is -0.230. The lowest BCUT2D eigenvalue weighted by atomic mass is 10.1. The van der Waals surface area contributed by atoms with E-state index in [0.717, 1.165) is 17.1 Å². The molecular formula is C28H40N2O4S. The van der Waals surface area contributed by atoms with Crippen molar-refractivity contribution in [2.24, 2.45) is 0 Å². The number of hydrogen-bond donors (Lipinski definition) is 2. The third-order valence-corrected chi connectivity index (χ3v) is 6.48. The van der Waals surface area contributed by atoms with Gasteiger partial charge in [0.2, 0.25) is 0 Å². The minimum absolute atomic E-state index is 0.205. The van der Waals surface area contributed by atoms with Crippen molar-refractivity contribution in [3.8, 4) is 5.75 Å². The molecule has 35 heavy (non-hydrogen) atoms. The van der Waals surface area contributed by atoms with E-state index < -0.39 is 0 Å². The van der Waals surface area contributed by atoms with E-state index in [1.165, 1.54) is 56.7 Å². The lowest BCUT2D eigenvalue weighted by molar-refractivity contribution is 0.0936. The second kappa shape index (κ2) is 17.0. The van der Waals surface area contributed by atoms with Gasteiger partial charge in [-0.25, -0.2) is 0 Å². The minimum Gasteiger partial charge on any atom is -0.494 e. The summed E-state index contributed by atoms with van der Waals surface area (Å²) in [4.78, 5) is 26.1. The molecule has 0 bridgehead atoms. The molecule has 7 heteroatoms. The number of benzene rings is 2. The van der Waals surface area contributed by atoms with Crippen LogP contribution in [0.1, 0.15) is 79.0 Å². The normalized spacial score (nSPS) is 10.7. The first-order valence-corrected chi connectivity index (χ1v) is 13.8. The van der Waals surface area contributed by atoms with Crippen LogP contribution in [0.15, 0.2) is 47.4 Å². The van der Waals surface area contributed by atoms with Crippen LogP contribution < -0.4 is 15.4 Å². The van der Waals surface area contributed by atoms with Gasteiger partial charge in [-0.2, -0.15) is 0 Å². The fraction of sp³-hybridized carbons (Fsp3) is 0.500. The van der Waals surface area contributed by atoms with Gasteiger partial charge in [0.25, 0.3) is 11.8 Å². The number of anilines is 1. The highest BCUT2D eigenvalue weighted by Crippen LogP contribution is 2.27. The Kier molecular flexibility index (Phi) is 14.0. The van der Waals surface area contributed by atoms with Crippen molar-refractivity contribution >= 4 is 29.3 Å². The Hall–Kier alpha value is -2.51. The molecule has 0 saturated heterocycles. The number of carbonyl (C=O) groups excluding carboxylic acids is 2. The third-order valence-electron chi connectivity index (χ3n) is 5.68. The van der Waals surface area contributed by atoms with Crippen molar-refractivity contribution in [2.75, 3.05) is 38.4 Å². The summed E-state index contributed by atoms with van der Waals surface area (Å²) in [7, 11) is 1.59. The quantitative estimate of drug-likeness (QED) is 0.190. The molecule has 0 spiro atoms. The van der Waals surface area contributed by atoms with Gasteiger partial charge < -0.3 is 20.1 Å². The molecule has 0 unspecified atom stereocenters. The van der Waals surface area contributed by atoms with Gasteiger partial charge in [0, 0.05) is 29.7 Å². The first-order valence-electron chi connectivity index (χ1n) is 12.6. The first-order chi connectivity index (χ1) is 17.1. The van der Waals surface area contributed by atoms with Crippen LogP contribution in [0.2, 0.25) is 0 Å². The summed E-state index contributed by atoms with van der Waals surface area (Å²) in [6.45, 7) is 3.80. The molecule has 0 aliphatic carbocycles. The zero-order valence-corrected chi connectivity index (χ0v) is 22.2. The number of ether oxygens (including phenoxy) is 2. The van der Waals surface area contributed by atoms with Gasteiger partial charge in [0.15, 0.2) is 0 Å². The van der Waals surface area contributed by atoms with Crippen molar-refractivity contribution < 1.29 is 19.1 Å². The molecule has 0 saturated carbocycles. The Morgan fingerprint density at radius 2 is 1.49 bits per heavy atom. The van der Waals surface area contributed by atoms with E-state index in [0.29, 0.717) is 36.6 Å². The van der Waals surface area contributed by atoms with Crippen LogP contribution in [0, 0.1) is 0 Å². The second-order valence-corrected chi connectivity index (χ2v) is 9.31. The zero-order chi connectivity index (χ0) is 25.3. The molecule has 2 aromatic carbocycles. The van der Waals surface area contributed by atoms with E-state index in [-0.39, 0.29) is 11.8 Å². The average molecular weight is 501 g/mol. The molecule has 192 valence electrons. The highest BCUT2D eigenvalue weighted by Gasteiger charge is 2.13. The number of rotatable bonds is 17. The summed E-state index contributed by atoms with van der Waals surface area (Å²) >= 11 is 1.51. The molecule has 0 aromatic heterocycles. The van der Waals surface area contributed by atoms with Crippen LogP contribution in [0.3, 0.4) is 0 Å². The molecule has 0 aliphatic heterocycles. The summed E-state index contributed by atoms with van der Waals surface area (Å²) < 4.78 is 10.8. The van der Waals surface area contributed by atoms with Crippen LogP contribution in [0.4, 0.5) is 5.69 Å². The van der Waals surface area contributed by atoms with Crippen molar-refractivity contribution in [3.63, 3.8) is 0 Å². The lowest BCUT2D eigenvalue weighted by Gasteiger charge is -2.12. The lowest BCUT2D eigenvalue weighted by Crippen LogP contribution is -2.27. The predicted molar refractivity (Wildman–Crippen MR) is 145 cm³/mol. The fourth-order valence-corrected chi connectivity index (χ4v) is 4.17. The SMILES string of the molecule is CCCCCCCCCCOc1ccc(C(=O)Nc2cc(C(=O)NCCOC)ccc2SC)cc1. The molecular weight excluding hydrogens is 460 g/mol. The van der Waals surface area contributed by atoms with Crippen molar-refractivity contribution in [1.82, 2.24) is 5.32 Å². The molecule has 6 nitrogen and oxygen atoms in total. The molecule has 2 aromatic rings. The molecule has 0 atom stereocenters. The Bertz CT molecular complexity index is 902. The fourth-order valence-electron chi connectivity index (χ4n) is 3.64.